The minimum atomic E-state index is -4.54. The fraction of sp³-hybridized carbons (Fsp3) is 0.643. The first-order valence-electron chi connectivity index (χ1n) is 14.0. The highest BCUT2D eigenvalue weighted by atomic mass is 79.9. The number of aromatic nitrogens is 2. The predicted octanol–water partition coefficient (Wildman–Crippen LogP) is 6.69. The Hall–Kier alpha value is -1.78. The first-order valence-corrected chi connectivity index (χ1v) is 15.2. The summed E-state index contributed by atoms with van der Waals surface area (Å²) in [5.41, 5.74) is 0.888. The average molecular weight is 627 g/mol. The van der Waals surface area contributed by atoms with Gasteiger partial charge >= 0.3 is 6.18 Å². The summed E-state index contributed by atoms with van der Waals surface area (Å²) >= 11 is 9.98. The monoisotopic (exact) mass is 625 g/mol. The largest absolute Gasteiger partial charge is 0.410 e. The van der Waals surface area contributed by atoms with Gasteiger partial charge in [-0.25, -0.2) is 4.68 Å². The summed E-state index contributed by atoms with van der Waals surface area (Å²) < 4.78 is 44.3. The minimum Gasteiger partial charge on any atom is -0.362 e. The lowest BCUT2D eigenvalue weighted by Crippen LogP contribution is -2.64. The number of piperazine rings is 1. The van der Waals surface area contributed by atoms with E-state index >= 15 is 0 Å². The Balaban J connectivity index is 1.10. The molecule has 4 saturated carbocycles. The van der Waals surface area contributed by atoms with Crippen LogP contribution in [-0.2, 0) is 0 Å². The second-order valence-corrected chi connectivity index (χ2v) is 13.7. The number of anilines is 1. The third kappa shape index (κ3) is 4.49. The van der Waals surface area contributed by atoms with Gasteiger partial charge in [0, 0.05) is 42.6 Å². The molecule has 1 N–H and O–H groups in total. The summed E-state index contributed by atoms with van der Waals surface area (Å²) in [6.07, 6.45) is 3.20. The van der Waals surface area contributed by atoms with Crippen LogP contribution in [0.2, 0.25) is 5.02 Å². The van der Waals surface area contributed by atoms with Crippen molar-refractivity contribution in [3.05, 3.63) is 45.0 Å². The molecule has 4 bridgehead atoms. The summed E-state index contributed by atoms with van der Waals surface area (Å²) in [5, 5.41) is 7.27. The molecule has 0 unspecified atom stereocenters. The highest BCUT2D eigenvalue weighted by Crippen LogP contribution is 2.58. The third-order valence-corrected chi connectivity index (χ3v) is 10.9. The lowest BCUT2D eigenvalue weighted by molar-refractivity contribution is -0.173. The van der Waals surface area contributed by atoms with Crippen molar-refractivity contribution in [3.8, 4) is 0 Å². The van der Waals surface area contributed by atoms with Crippen LogP contribution in [0.4, 0.5) is 19.0 Å². The number of amides is 1. The van der Waals surface area contributed by atoms with Crippen LogP contribution >= 0.6 is 27.5 Å². The lowest BCUT2D eigenvalue weighted by atomic mass is 9.52. The number of alkyl halides is 3. The number of fused-ring (bicyclic) bond motifs is 1. The van der Waals surface area contributed by atoms with E-state index in [1.54, 1.807) is 29.2 Å². The van der Waals surface area contributed by atoms with E-state index in [0.717, 1.165) is 40.0 Å². The maximum absolute atomic E-state index is 14.2. The molecule has 2 atom stereocenters. The molecule has 8 rings (SSSR count). The van der Waals surface area contributed by atoms with Gasteiger partial charge in [-0.3, -0.25) is 9.69 Å². The van der Waals surface area contributed by atoms with Crippen LogP contribution in [-0.4, -0.2) is 63.4 Å². The number of nitrogens with zero attached hydrogens (tertiary/aromatic N) is 4. The minimum absolute atomic E-state index is 0.0421. The van der Waals surface area contributed by atoms with Crippen molar-refractivity contribution in [2.75, 3.05) is 31.5 Å². The van der Waals surface area contributed by atoms with Gasteiger partial charge in [-0.15, -0.1) is 0 Å². The molecule has 2 aromatic rings. The molecule has 0 spiro atoms. The molecule has 6 aliphatic rings. The van der Waals surface area contributed by atoms with Gasteiger partial charge in [-0.05, 0) is 74.0 Å². The van der Waals surface area contributed by atoms with Crippen LogP contribution in [0.1, 0.15) is 73.1 Å². The second kappa shape index (κ2) is 9.38. The average Bonchev–Trinajstić information content (AvgIpc) is 3.23. The number of hydrogen-bond acceptors (Lipinski definition) is 4. The smallest absolute Gasteiger partial charge is 0.362 e. The Kier molecular flexibility index (Phi) is 6.28. The standard InChI is InChI=1S/C28H32BrClF3N5O/c29-20-3-1-19(2-4-20)21-12-22(28(31,32)33)38-25(34-21)23(30)24(35-38)26(39)36-5-7-37(8-6-36)27-13-16-9-17(14-27)11-18(10-16)15-27/h1-4,16-18,21-22,34H,5-15H2/t16?,17?,18?,21-,22+,27?/m0/s1. The summed E-state index contributed by atoms with van der Waals surface area (Å²) in [4.78, 5) is 17.9. The van der Waals surface area contributed by atoms with E-state index in [1.807, 2.05) is 0 Å². The Morgan fingerprint density at radius 1 is 0.974 bits per heavy atom. The van der Waals surface area contributed by atoms with Crippen LogP contribution < -0.4 is 5.32 Å². The maximum atomic E-state index is 14.2. The molecule has 6 nitrogen and oxygen atoms in total. The summed E-state index contributed by atoms with van der Waals surface area (Å²) in [6.45, 7) is 2.66. The molecule has 3 heterocycles. The van der Waals surface area contributed by atoms with Crippen molar-refractivity contribution in [2.24, 2.45) is 17.8 Å². The first-order chi connectivity index (χ1) is 18.6. The predicted molar refractivity (Wildman–Crippen MR) is 146 cm³/mol. The molecule has 39 heavy (non-hydrogen) atoms. The Morgan fingerprint density at radius 3 is 2.13 bits per heavy atom. The van der Waals surface area contributed by atoms with E-state index in [2.05, 4.69) is 31.2 Å². The molecule has 0 radical (unpaired) electrons. The summed E-state index contributed by atoms with van der Waals surface area (Å²) in [6, 6.07) is 4.66. The van der Waals surface area contributed by atoms with Crippen molar-refractivity contribution in [3.63, 3.8) is 0 Å². The van der Waals surface area contributed by atoms with Gasteiger partial charge in [0.25, 0.3) is 5.91 Å². The summed E-state index contributed by atoms with van der Waals surface area (Å²) in [5.74, 6) is 2.20. The van der Waals surface area contributed by atoms with Crippen LogP contribution in [0.25, 0.3) is 0 Å². The van der Waals surface area contributed by atoms with Crippen molar-refractivity contribution in [1.29, 1.82) is 0 Å². The number of nitrogens with one attached hydrogen (secondary N) is 1. The van der Waals surface area contributed by atoms with E-state index in [0.29, 0.717) is 18.7 Å². The maximum Gasteiger partial charge on any atom is 0.410 e. The lowest BCUT2D eigenvalue weighted by Gasteiger charge is -2.61. The topological polar surface area (TPSA) is 53.4 Å². The van der Waals surface area contributed by atoms with E-state index < -0.39 is 24.2 Å². The molecule has 2 aliphatic heterocycles. The molecule has 1 aromatic heterocycles. The normalized spacial score (nSPS) is 34.2. The van der Waals surface area contributed by atoms with Crippen molar-refractivity contribution in [2.45, 2.75) is 68.7 Å². The number of rotatable bonds is 3. The Morgan fingerprint density at radius 2 is 1.56 bits per heavy atom. The SMILES string of the molecule is O=C(c1nn2c(c1Cl)N[C@H](c1ccc(Br)cc1)C[C@@H]2C(F)(F)F)N1CCN(C23CC4CC(CC(C4)C2)C3)CC1. The zero-order chi connectivity index (χ0) is 27.1. The number of benzene rings is 1. The van der Waals surface area contributed by atoms with Crippen LogP contribution in [0.15, 0.2) is 28.7 Å². The quantitative estimate of drug-likeness (QED) is 0.413. The van der Waals surface area contributed by atoms with Gasteiger partial charge in [0.2, 0.25) is 0 Å². The Bertz CT molecular complexity index is 1240. The Labute approximate surface area is 239 Å². The molecular weight excluding hydrogens is 595 g/mol. The number of hydrogen-bond donors (Lipinski definition) is 1. The van der Waals surface area contributed by atoms with Crippen molar-refractivity contribution in [1.82, 2.24) is 19.6 Å². The van der Waals surface area contributed by atoms with Crippen LogP contribution in [0.3, 0.4) is 0 Å². The number of halogens is 5. The highest BCUT2D eigenvalue weighted by Gasteiger charge is 2.54. The molecular formula is C28H32BrClF3N5O. The van der Waals surface area contributed by atoms with Gasteiger partial charge in [0.1, 0.15) is 10.8 Å². The number of carbonyl (C=O) groups is 1. The van der Waals surface area contributed by atoms with Gasteiger partial charge in [-0.1, -0.05) is 39.7 Å². The number of carbonyl (C=O) groups excluding carboxylic acids is 1. The molecule has 210 valence electrons. The molecule has 11 heteroatoms. The zero-order valence-electron chi connectivity index (χ0n) is 21.6. The van der Waals surface area contributed by atoms with E-state index in [4.69, 9.17) is 11.6 Å². The van der Waals surface area contributed by atoms with E-state index in [-0.39, 0.29) is 28.5 Å². The van der Waals surface area contributed by atoms with Gasteiger partial charge in [0.05, 0.1) is 6.04 Å². The first kappa shape index (κ1) is 26.1. The second-order valence-electron chi connectivity index (χ2n) is 12.4. The van der Waals surface area contributed by atoms with Crippen molar-refractivity contribution >= 4 is 39.3 Å². The van der Waals surface area contributed by atoms with Gasteiger partial charge in [-0.2, -0.15) is 18.3 Å². The van der Waals surface area contributed by atoms with Gasteiger partial charge in [0.15, 0.2) is 11.7 Å². The van der Waals surface area contributed by atoms with Crippen molar-refractivity contribution < 1.29 is 18.0 Å². The molecule has 1 saturated heterocycles. The fourth-order valence-corrected chi connectivity index (χ4v) is 9.15. The molecule has 4 aliphatic carbocycles. The molecule has 5 fully saturated rings. The fourth-order valence-electron chi connectivity index (χ4n) is 8.63. The van der Waals surface area contributed by atoms with Gasteiger partial charge < -0.3 is 10.2 Å². The van der Waals surface area contributed by atoms with E-state index in [9.17, 15) is 18.0 Å². The highest BCUT2D eigenvalue weighted by molar-refractivity contribution is 9.10. The van der Waals surface area contributed by atoms with E-state index in [1.165, 1.54) is 38.5 Å². The van der Waals surface area contributed by atoms with Crippen LogP contribution in [0, 0.1) is 17.8 Å². The molecule has 1 amide bonds. The molecule has 1 aromatic carbocycles. The third-order valence-electron chi connectivity index (χ3n) is 10.0. The zero-order valence-corrected chi connectivity index (χ0v) is 23.9. The van der Waals surface area contributed by atoms with Crippen LogP contribution in [0.5, 0.6) is 0 Å². The summed E-state index contributed by atoms with van der Waals surface area (Å²) in [7, 11) is 0.